The third-order valence-corrected chi connectivity index (χ3v) is 6.94. The molecule has 3 nitrogen and oxygen atoms in total. The van der Waals surface area contributed by atoms with E-state index in [0.717, 1.165) is 36.8 Å². The van der Waals surface area contributed by atoms with Gasteiger partial charge in [0.2, 0.25) is 0 Å². The molecule has 1 N–H and O–H groups in total. The van der Waals surface area contributed by atoms with Crippen LogP contribution in [-0.4, -0.2) is 10.1 Å². The van der Waals surface area contributed by atoms with Crippen LogP contribution in [0.1, 0.15) is 42.9 Å². The highest BCUT2D eigenvalue weighted by Gasteiger charge is 2.26. The standard InChI is InChI=1S/C26H22Cl2N2OS/c1-15-5-7-16(8-6-15)24-20-11-9-18(25-29-26(32)31-30-25)13-17(20)3-2-4-22(24)21-12-10-19(27)14-23(21)28/h5-7,9-14,16H,2-4,8H2,1H3,(H,29,30,32). The summed E-state index contributed by atoms with van der Waals surface area (Å²) >= 11 is 17.9. The van der Waals surface area contributed by atoms with Gasteiger partial charge in [-0.15, -0.1) is 0 Å². The maximum atomic E-state index is 6.70. The molecule has 0 amide bonds. The molecule has 1 unspecified atom stereocenters. The van der Waals surface area contributed by atoms with Gasteiger partial charge in [-0.2, -0.15) is 4.98 Å². The molecule has 2 aliphatic carbocycles. The van der Waals surface area contributed by atoms with Gasteiger partial charge in [0.1, 0.15) is 0 Å². The van der Waals surface area contributed by atoms with Gasteiger partial charge in [-0.3, -0.25) is 0 Å². The summed E-state index contributed by atoms with van der Waals surface area (Å²) in [6, 6.07) is 12.3. The topological polar surface area (TPSA) is 41.8 Å². The molecule has 1 atom stereocenters. The van der Waals surface area contributed by atoms with Crippen LogP contribution < -0.4 is 0 Å². The number of hydrogen-bond donors (Lipinski definition) is 1. The van der Waals surface area contributed by atoms with Gasteiger partial charge in [0, 0.05) is 21.5 Å². The van der Waals surface area contributed by atoms with Crippen molar-refractivity contribution in [3.8, 4) is 11.4 Å². The van der Waals surface area contributed by atoms with Gasteiger partial charge in [-0.25, -0.2) is 5.16 Å². The smallest absolute Gasteiger partial charge is 0.314 e. The largest absolute Gasteiger partial charge is 0.348 e. The minimum absolute atomic E-state index is 0.213. The number of aromatic amines is 1. The first-order valence-corrected chi connectivity index (χ1v) is 11.9. The lowest BCUT2D eigenvalue weighted by Crippen LogP contribution is -2.07. The van der Waals surface area contributed by atoms with E-state index in [9.17, 15) is 0 Å². The Morgan fingerprint density at radius 3 is 2.66 bits per heavy atom. The normalized spacial score (nSPS) is 18.3. The van der Waals surface area contributed by atoms with Crippen LogP contribution in [-0.2, 0) is 6.42 Å². The number of rotatable bonds is 3. The van der Waals surface area contributed by atoms with Crippen molar-refractivity contribution < 1.29 is 4.52 Å². The van der Waals surface area contributed by atoms with Crippen LogP contribution in [0.5, 0.6) is 0 Å². The second-order valence-electron chi connectivity index (χ2n) is 8.32. The highest BCUT2D eigenvalue weighted by molar-refractivity contribution is 7.71. The highest BCUT2D eigenvalue weighted by atomic mass is 35.5. The number of aromatic nitrogens is 2. The van der Waals surface area contributed by atoms with E-state index in [4.69, 9.17) is 39.9 Å². The maximum Gasteiger partial charge on any atom is 0.314 e. The molecule has 0 saturated carbocycles. The average molecular weight is 481 g/mol. The van der Waals surface area contributed by atoms with Gasteiger partial charge in [-0.05, 0) is 90.9 Å². The molecular weight excluding hydrogens is 459 g/mol. The van der Waals surface area contributed by atoms with Crippen LogP contribution in [0.3, 0.4) is 0 Å². The first kappa shape index (κ1) is 21.4. The lowest BCUT2D eigenvalue weighted by molar-refractivity contribution is 0.406. The molecule has 6 heteroatoms. The Bertz CT molecular complexity index is 1350. The van der Waals surface area contributed by atoms with Crippen molar-refractivity contribution >= 4 is 46.6 Å². The van der Waals surface area contributed by atoms with Crippen LogP contribution in [0.2, 0.25) is 10.0 Å². The van der Waals surface area contributed by atoms with E-state index in [1.807, 2.05) is 12.1 Å². The minimum Gasteiger partial charge on any atom is -0.348 e. The number of halogens is 2. The van der Waals surface area contributed by atoms with E-state index in [1.54, 1.807) is 0 Å². The fourth-order valence-corrected chi connectivity index (χ4v) is 5.35. The number of nitrogens with zero attached hydrogens (tertiary/aromatic N) is 1. The zero-order chi connectivity index (χ0) is 22.2. The van der Waals surface area contributed by atoms with Crippen LogP contribution in [0.15, 0.2) is 64.7 Å². The minimum atomic E-state index is 0.213. The fraction of sp³-hybridized carbons (Fsp3) is 0.231. The van der Waals surface area contributed by atoms with Crippen molar-refractivity contribution in [2.24, 2.45) is 5.92 Å². The summed E-state index contributed by atoms with van der Waals surface area (Å²) in [6.45, 7) is 2.15. The SMILES string of the molecule is CC1=CCC(C2=C(c3ccc(Cl)cc3Cl)CCCc3cc(-c4nc(=S)o[nH]4)ccc32)C=C1. The second-order valence-corrected chi connectivity index (χ2v) is 9.51. The third kappa shape index (κ3) is 4.15. The summed E-state index contributed by atoms with van der Waals surface area (Å²) in [5, 5.41) is 4.17. The maximum absolute atomic E-state index is 6.70. The summed E-state index contributed by atoms with van der Waals surface area (Å²) in [7, 11) is 0. The summed E-state index contributed by atoms with van der Waals surface area (Å²) in [5.74, 6) is 0.950. The zero-order valence-electron chi connectivity index (χ0n) is 17.6. The van der Waals surface area contributed by atoms with Crippen LogP contribution in [0, 0.1) is 10.8 Å². The van der Waals surface area contributed by atoms with Gasteiger partial charge >= 0.3 is 4.84 Å². The molecule has 32 heavy (non-hydrogen) atoms. The predicted octanol–water partition coefficient (Wildman–Crippen LogP) is 8.48. The average Bonchev–Trinajstić information content (AvgIpc) is 3.12. The number of hydrogen-bond acceptors (Lipinski definition) is 3. The monoisotopic (exact) mass is 480 g/mol. The van der Waals surface area contributed by atoms with E-state index in [2.05, 4.69) is 59.6 Å². The Labute approximate surface area is 202 Å². The quantitative estimate of drug-likeness (QED) is 0.382. The molecule has 1 heterocycles. The van der Waals surface area contributed by atoms with Crippen molar-refractivity contribution in [3.05, 3.63) is 91.8 Å². The molecule has 162 valence electrons. The molecule has 5 rings (SSSR count). The van der Waals surface area contributed by atoms with E-state index in [0.29, 0.717) is 21.8 Å². The van der Waals surface area contributed by atoms with E-state index in [1.165, 1.54) is 27.8 Å². The van der Waals surface area contributed by atoms with Crippen molar-refractivity contribution in [3.63, 3.8) is 0 Å². The zero-order valence-corrected chi connectivity index (χ0v) is 19.9. The fourth-order valence-electron chi connectivity index (χ4n) is 4.69. The highest BCUT2D eigenvalue weighted by Crippen LogP contribution is 2.45. The van der Waals surface area contributed by atoms with Gasteiger partial charge < -0.3 is 4.52 Å². The van der Waals surface area contributed by atoms with Gasteiger partial charge in [0.15, 0.2) is 5.82 Å². The molecule has 0 saturated heterocycles. The molecule has 3 aromatic rings. The summed E-state index contributed by atoms with van der Waals surface area (Å²) in [4.78, 5) is 4.50. The molecule has 2 aliphatic rings. The van der Waals surface area contributed by atoms with E-state index < -0.39 is 0 Å². The molecular formula is C26H22Cl2N2OS. The summed E-state index contributed by atoms with van der Waals surface area (Å²) in [6.07, 6.45) is 10.8. The first-order chi connectivity index (χ1) is 15.5. The van der Waals surface area contributed by atoms with Crippen LogP contribution in [0.4, 0.5) is 0 Å². The second kappa shape index (κ2) is 8.86. The molecule has 1 aromatic heterocycles. The van der Waals surface area contributed by atoms with Crippen molar-refractivity contribution in [1.82, 2.24) is 10.1 Å². The molecule has 0 aliphatic heterocycles. The molecule has 0 spiro atoms. The van der Waals surface area contributed by atoms with E-state index in [-0.39, 0.29) is 4.84 Å². The third-order valence-electron chi connectivity index (χ3n) is 6.22. The van der Waals surface area contributed by atoms with Crippen molar-refractivity contribution in [2.75, 3.05) is 0 Å². The number of nitrogens with one attached hydrogen (secondary N) is 1. The number of H-pyrrole nitrogens is 1. The Balaban J connectivity index is 1.70. The van der Waals surface area contributed by atoms with Crippen molar-refractivity contribution in [1.29, 1.82) is 0 Å². The number of benzene rings is 2. The van der Waals surface area contributed by atoms with Gasteiger partial charge in [-0.1, -0.05) is 65.2 Å². The summed E-state index contributed by atoms with van der Waals surface area (Å²) in [5.41, 5.74) is 8.59. The van der Waals surface area contributed by atoms with Gasteiger partial charge in [0.05, 0.1) is 0 Å². The lowest BCUT2D eigenvalue weighted by atomic mass is 9.80. The predicted molar refractivity (Wildman–Crippen MR) is 134 cm³/mol. The summed E-state index contributed by atoms with van der Waals surface area (Å²) < 4.78 is 5.14. The van der Waals surface area contributed by atoms with Crippen LogP contribution in [0.25, 0.3) is 22.5 Å². The Hall–Kier alpha value is -2.40. The van der Waals surface area contributed by atoms with Crippen molar-refractivity contribution in [2.45, 2.75) is 32.6 Å². The van der Waals surface area contributed by atoms with E-state index >= 15 is 0 Å². The molecule has 0 radical (unpaired) electrons. The number of allylic oxidation sites excluding steroid dienone is 6. The molecule has 2 aromatic carbocycles. The Kier molecular flexibility index (Phi) is 5.93. The molecule has 0 fully saturated rings. The Morgan fingerprint density at radius 2 is 1.94 bits per heavy atom. The Morgan fingerprint density at radius 1 is 1.09 bits per heavy atom. The lowest BCUT2D eigenvalue weighted by Gasteiger charge is -2.24. The number of aryl methyl sites for hydroxylation is 1. The van der Waals surface area contributed by atoms with Crippen LogP contribution >= 0.6 is 35.4 Å². The molecule has 0 bridgehead atoms. The first-order valence-electron chi connectivity index (χ1n) is 10.7. The van der Waals surface area contributed by atoms with Gasteiger partial charge in [0.25, 0.3) is 0 Å². The number of fused-ring (bicyclic) bond motifs is 1.